The van der Waals surface area contributed by atoms with Gasteiger partial charge in [0.2, 0.25) is 5.91 Å². The van der Waals surface area contributed by atoms with Crippen molar-refractivity contribution < 1.29 is 24.2 Å². The van der Waals surface area contributed by atoms with Crippen LogP contribution in [0.25, 0.3) is 0 Å². The van der Waals surface area contributed by atoms with Gasteiger partial charge in [-0.3, -0.25) is 4.79 Å². The SMILES string of the molecule is COCCNC(=O)CNC(=O)N[C@@H](C(=O)O)C(C)C. The predicted molar refractivity (Wildman–Crippen MR) is 67.7 cm³/mol. The quantitative estimate of drug-likeness (QED) is 0.431. The number of carbonyl (C=O) groups is 3. The fraction of sp³-hybridized carbons (Fsp3) is 0.727. The minimum Gasteiger partial charge on any atom is -0.480 e. The van der Waals surface area contributed by atoms with Gasteiger partial charge in [0, 0.05) is 13.7 Å². The molecule has 0 aliphatic heterocycles. The highest BCUT2D eigenvalue weighted by Crippen LogP contribution is 2.00. The number of carboxylic acids is 1. The summed E-state index contributed by atoms with van der Waals surface area (Å²) in [6.45, 7) is 3.86. The summed E-state index contributed by atoms with van der Waals surface area (Å²) in [5.41, 5.74) is 0. The Labute approximate surface area is 111 Å². The number of rotatable bonds is 8. The maximum Gasteiger partial charge on any atom is 0.326 e. The smallest absolute Gasteiger partial charge is 0.326 e. The molecule has 0 saturated heterocycles. The van der Waals surface area contributed by atoms with Gasteiger partial charge in [0.1, 0.15) is 6.04 Å². The zero-order valence-corrected chi connectivity index (χ0v) is 11.4. The molecular formula is C11H21N3O5. The summed E-state index contributed by atoms with van der Waals surface area (Å²) in [6.07, 6.45) is 0. The third kappa shape index (κ3) is 7.98. The lowest BCUT2D eigenvalue weighted by atomic mass is 10.1. The minimum atomic E-state index is -1.12. The Balaban J connectivity index is 3.97. The van der Waals surface area contributed by atoms with E-state index in [0.29, 0.717) is 13.2 Å². The zero-order valence-electron chi connectivity index (χ0n) is 11.4. The molecule has 8 nitrogen and oxygen atoms in total. The highest BCUT2D eigenvalue weighted by molar-refractivity contribution is 5.86. The van der Waals surface area contributed by atoms with Crippen molar-refractivity contribution in [3.8, 4) is 0 Å². The molecule has 0 aromatic rings. The molecule has 0 bridgehead atoms. The lowest BCUT2D eigenvalue weighted by Gasteiger charge is -2.18. The first-order valence-electron chi connectivity index (χ1n) is 5.91. The van der Waals surface area contributed by atoms with Crippen molar-refractivity contribution in [3.63, 3.8) is 0 Å². The molecular weight excluding hydrogens is 254 g/mol. The Morgan fingerprint density at radius 3 is 2.32 bits per heavy atom. The highest BCUT2D eigenvalue weighted by Gasteiger charge is 2.23. The summed E-state index contributed by atoms with van der Waals surface area (Å²) in [5, 5.41) is 16.0. The summed E-state index contributed by atoms with van der Waals surface area (Å²) < 4.78 is 4.74. The van der Waals surface area contributed by atoms with Crippen molar-refractivity contribution in [2.45, 2.75) is 19.9 Å². The molecule has 0 unspecified atom stereocenters. The van der Waals surface area contributed by atoms with Crippen LogP contribution in [0.3, 0.4) is 0 Å². The summed E-state index contributed by atoms with van der Waals surface area (Å²) in [4.78, 5) is 33.5. The first kappa shape index (κ1) is 17.2. The summed E-state index contributed by atoms with van der Waals surface area (Å²) in [6, 6.07) is -1.68. The van der Waals surface area contributed by atoms with E-state index in [1.807, 2.05) is 0 Å². The van der Waals surface area contributed by atoms with Crippen LogP contribution in [0.5, 0.6) is 0 Å². The van der Waals surface area contributed by atoms with E-state index < -0.39 is 18.0 Å². The van der Waals surface area contributed by atoms with Gasteiger partial charge in [-0.05, 0) is 5.92 Å². The number of hydrogen-bond donors (Lipinski definition) is 4. The number of carbonyl (C=O) groups excluding carboxylic acids is 2. The molecule has 0 fully saturated rings. The van der Waals surface area contributed by atoms with E-state index >= 15 is 0 Å². The zero-order chi connectivity index (χ0) is 14.8. The Morgan fingerprint density at radius 2 is 1.84 bits per heavy atom. The van der Waals surface area contributed by atoms with E-state index in [9.17, 15) is 14.4 Å². The van der Waals surface area contributed by atoms with Gasteiger partial charge in [-0.15, -0.1) is 0 Å². The Morgan fingerprint density at radius 1 is 1.21 bits per heavy atom. The molecule has 19 heavy (non-hydrogen) atoms. The van der Waals surface area contributed by atoms with Gasteiger partial charge < -0.3 is 25.8 Å². The van der Waals surface area contributed by atoms with E-state index in [0.717, 1.165) is 0 Å². The van der Waals surface area contributed by atoms with Crippen LogP contribution in [0, 0.1) is 5.92 Å². The monoisotopic (exact) mass is 275 g/mol. The molecule has 0 aliphatic carbocycles. The second-order valence-corrected chi connectivity index (χ2v) is 4.23. The Kier molecular flexibility index (Phi) is 8.27. The summed E-state index contributed by atoms with van der Waals surface area (Å²) in [7, 11) is 1.51. The molecule has 110 valence electrons. The molecule has 0 heterocycles. The molecule has 0 aliphatic rings. The van der Waals surface area contributed by atoms with Gasteiger partial charge in [0.25, 0.3) is 0 Å². The molecule has 0 rings (SSSR count). The number of nitrogens with one attached hydrogen (secondary N) is 3. The second kappa shape index (κ2) is 9.15. The molecule has 0 aromatic carbocycles. The largest absolute Gasteiger partial charge is 0.480 e. The minimum absolute atomic E-state index is 0.222. The first-order valence-corrected chi connectivity index (χ1v) is 5.91. The molecule has 0 aromatic heterocycles. The van der Waals surface area contributed by atoms with Crippen LogP contribution < -0.4 is 16.0 Å². The normalized spacial score (nSPS) is 11.8. The maximum atomic E-state index is 11.4. The lowest BCUT2D eigenvalue weighted by Crippen LogP contribution is -2.50. The van der Waals surface area contributed by atoms with Crippen LogP contribution in [-0.4, -0.2) is 55.9 Å². The van der Waals surface area contributed by atoms with E-state index in [4.69, 9.17) is 9.84 Å². The van der Waals surface area contributed by atoms with Crippen LogP contribution in [-0.2, 0) is 14.3 Å². The molecule has 0 spiro atoms. The van der Waals surface area contributed by atoms with Crippen LogP contribution >= 0.6 is 0 Å². The van der Waals surface area contributed by atoms with E-state index in [1.54, 1.807) is 13.8 Å². The number of methoxy groups -OCH3 is 1. The fourth-order valence-electron chi connectivity index (χ4n) is 1.22. The molecule has 4 N–H and O–H groups in total. The van der Waals surface area contributed by atoms with Crippen molar-refractivity contribution in [1.82, 2.24) is 16.0 Å². The van der Waals surface area contributed by atoms with Crippen molar-refractivity contribution in [2.75, 3.05) is 26.8 Å². The van der Waals surface area contributed by atoms with Crippen LogP contribution in [0.2, 0.25) is 0 Å². The summed E-state index contributed by atoms with van der Waals surface area (Å²) in [5.74, 6) is -1.74. The molecule has 0 saturated carbocycles. The average molecular weight is 275 g/mol. The van der Waals surface area contributed by atoms with Gasteiger partial charge in [-0.1, -0.05) is 13.8 Å². The van der Waals surface area contributed by atoms with Gasteiger partial charge in [-0.2, -0.15) is 0 Å². The van der Waals surface area contributed by atoms with E-state index in [2.05, 4.69) is 16.0 Å². The Hall–Kier alpha value is -1.83. The Bertz CT molecular complexity index is 319. The van der Waals surface area contributed by atoms with Crippen molar-refractivity contribution in [1.29, 1.82) is 0 Å². The van der Waals surface area contributed by atoms with Crippen molar-refractivity contribution >= 4 is 17.9 Å². The average Bonchev–Trinajstić information content (AvgIpc) is 2.33. The number of amides is 3. The van der Waals surface area contributed by atoms with Crippen molar-refractivity contribution in [2.24, 2.45) is 5.92 Å². The number of carboxylic acid groups (broad SMARTS) is 1. The standard InChI is InChI=1S/C11H21N3O5/c1-7(2)9(10(16)17)14-11(18)13-6-8(15)12-4-5-19-3/h7,9H,4-6H2,1-3H3,(H,12,15)(H,16,17)(H2,13,14,18)/t9-/m1/s1. The number of hydrogen-bond acceptors (Lipinski definition) is 4. The van der Waals surface area contributed by atoms with Gasteiger partial charge in [0.15, 0.2) is 0 Å². The molecule has 3 amide bonds. The number of aliphatic carboxylic acids is 1. The van der Waals surface area contributed by atoms with Gasteiger partial charge >= 0.3 is 12.0 Å². The topological polar surface area (TPSA) is 117 Å². The lowest BCUT2D eigenvalue weighted by molar-refractivity contribution is -0.140. The maximum absolute atomic E-state index is 11.4. The van der Waals surface area contributed by atoms with Crippen LogP contribution in [0.4, 0.5) is 4.79 Å². The number of urea groups is 1. The van der Waals surface area contributed by atoms with Gasteiger partial charge in [-0.25, -0.2) is 9.59 Å². The second-order valence-electron chi connectivity index (χ2n) is 4.23. The van der Waals surface area contributed by atoms with Crippen LogP contribution in [0.15, 0.2) is 0 Å². The number of ether oxygens (including phenoxy) is 1. The predicted octanol–water partition coefficient (Wildman–Crippen LogP) is -0.843. The highest BCUT2D eigenvalue weighted by atomic mass is 16.5. The van der Waals surface area contributed by atoms with E-state index in [-0.39, 0.29) is 18.4 Å². The molecule has 1 atom stereocenters. The fourth-order valence-corrected chi connectivity index (χ4v) is 1.22. The van der Waals surface area contributed by atoms with Crippen LogP contribution in [0.1, 0.15) is 13.8 Å². The third-order valence-corrected chi connectivity index (χ3v) is 2.26. The first-order chi connectivity index (χ1) is 8.88. The molecule has 8 heteroatoms. The van der Waals surface area contributed by atoms with Gasteiger partial charge in [0.05, 0.1) is 13.2 Å². The van der Waals surface area contributed by atoms with E-state index in [1.165, 1.54) is 7.11 Å². The summed E-state index contributed by atoms with van der Waals surface area (Å²) >= 11 is 0. The van der Waals surface area contributed by atoms with Crippen molar-refractivity contribution in [3.05, 3.63) is 0 Å². The molecule has 0 radical (unpaired) electrons. The third-order valence-electron chi connectivity index (χ3n) is 2.26.